The van der Waals surface area contributed by atoms with Crippen molar-refractivity contribution in [3.8, 4) is 0 Å². The van der Waals surface area contributed by atoms with Crippen LogP contribution in [-0.2, 0) is 18.3 Å². The van der Waals surface area contributed by atoms with Crippen molar-refractivity contribution in [2.75, 3.05) is 13.2 Å². The largest absolute Gasteiger partial charge is 0.410 e. The minimum absolute atomic E-state index is 0.119. The molecule has 0 bridgehead atoms. The molecule has 6 heteroatoms. The van der Waals surface area contributed by atoms with Gasteiger partial charge in [-0.3, -0.25) is 0 Å². The number of epoxide rings is 2. The molecule has 2 heterocycles. The van der Waals surface area contributed by atoms with Crippen LogP contribution in [-0.4, -0.2) is 53.3 Å². The zero-order valence-corrected chi connectivity index (χ0v) is 27.1. The molecule has 0 amide bonds. The van der Waals surface area contributed by atoms with E-state index in [2.05, 4.69) is 96.9 Å². The molecule has 0 unspecified atom stereocenters. The Morgan fingerprint density at radius 3 is 0.882 bits per heavy atom. The van der Waals surface area contributed by atoms with E-state index in [0.29, 0.717) is 33.2 Å². The summed E-state index contributed by atoms with van der Waals surface area (Å²) in [6.07, 6.45) is 2.18. The zero-order valence-electron chi connectivity index (χ0n) is 25.1. The van der Waals surface area contributed by atoms with Gasteiger partial charge >= 0.3 is 0 Å². The molecule has 0 aromatic rings. The van der Waals surface area contributed by atoms with Crippen LogP contribution in [0.1, 0.15) is 110 Å². The normalized spacial score (nSPS) is 27.5. The molecule has 4 nitrogen and oxygen atoms in total. The summed E-state index contributed by atoms with van der Waals surface area (Å²) in [5, 5.41) is 0. The van der Waals surface area contributed by atoms with Crippen molar-refractivity contribution in [2.24, 2.45) is 0 Å². The van der Waals surface area contributed by atoms with Crippen LogP contribution in [0.4, 0.5) is 0 Å². The van der Waals surface area contributed by atoms with E-state index in [9.17, 15) is 0 Å². The maximum absolute atomic E-state index is 7.33. The van der Waals surface area contributed by atoms with Crippen molar-refractivity contribution in [3.63, 3.8) is 0 Å². The molecule has 0 saturated carbocycles. The average Bonchev–Trinajstić information content (AvgIpc) is 3.61. The molecule has 2 fully saturated rings. The van der Waals surface area contributed by atoms with E-state index in [-0.39, 0.29) is 23.4 Å². The third kappa shape index (κ3) is 5.88. The fraction of sp³-hybridized carbons (Fsp3) is 1.00. The molecule has 34 heavy (non-hydrogen) atoms. The van der Waals surface area contributed by atoms with Crippen molar-refractivity contribution < 1.29 is 18.3 Å². The Hall–Kier alpha value is 0.274. The SMILES string of the molecule is CC(C)[Si](O[C@H](CC[C@@H](O[Si](C(C)C)(C(C)C)C(C)C)[C@]1(C)CO1)[C@]1(C)CO1)(C(C)C)C(C)C. The predicted octanol–water partition coefficient (Wildman–Crippen LogP) is 8.47. The standard InChI is InChI=1S/C28H58O4Si2/c1-19(2)33(20(3)4,21(5)6)31-25(27(13)17-29-27)15-16-26(28(14)18-30-28)32-34(22(7)8,23(9)10)24(11)12/h19-26H,15-18H2,1-14H3/t25-,26-,27+,28+/m1/s1. The van der Waals surface area contributed by atoms with Crippen LogP contribution >= 0.6 is 0 Å². The minimum Gasteiger partial charge on any atom is -0.410 e. The van der Waals surface area contributed by atoms with Gasteiger partial charge in [0.05, 0.1) is 25.4 Å². The van der Waals surface area contributed by atoms with Gasteiger partial charge in [0.2, 0.25) is 16.6 Å². The topological polar surface area (TPSA) is 43.5 Å². The fourth-order valence-electron chi connectivity index (χ4n) is 7.19. The highest BCUT2D eigenvalue weighted by Gasteiger charge is 2.57. The minimum atomic E-state index is -2.01. The first-order valence-electron chi connectivity index (χ1n) is 14.1. The maximum Gasteiger partial charge on any atom is 0.200 e. The van der Waals surface area contributed by atoms with E-state index in [1.807, 2.05) is 0 Å². The van der Waals surface area contributed by atoms with Gasteiger partial charge in [-0.15, -0.1) is 0 Å². The van der Waals surface area contributed by atoms with Crippen LogP contribution in [0.15, 0.2) is 0 Å². The van der Waals surface area contributed by atoms with E-state index in [1.165, 1.54) is 0 Å². The van der Waals surface area contributed by atoms with Crippen LogP contribution in [0.25, 0.3) is 0 Å². The quantitative estimate of drug-likeness (QED) is 0.162. The molecular weight excluding hydrogens is 456 g/mol. The lowest BCUT2D eigenvalue weighted by atomic mass is 9.95. The fourth-order valence-corrected chi connectivity index (χ4v) is 18.5. The first-order chi connectivity index (χ1) is 15.5. The molecule has 2 saturated heterocycles. The summed E-state index contributed by atoms with van der Waals surface area (Å²) in [6, 6.07) is 0. The Balaban J connectivity index is 2.32. The molecule has 0 aromatic carbocycles. The summed E-state index contributed by atoms with van der Waals surface area (Å²) >= 11 is 0. The molecular formula is C28H58O4Si2. The molecule has 202 valence electrons. The van der Waals surface area contributed by atoms with Crippen LogP contribution in [0.5, 0.6) is 0 Å². The molecule has 0 aromatic heterocycles. The monoisotopic (exact) mass is 514 g/mol. The summed E-state index contributed by atoms with van der Waals surface area (Å²) in [5.41, 5.74) is 3.08. The van der Waals surface area contributed by atoms with Gasteiger partial charge in [-0.1, -0.05) is 83.1 Å². The number of hydrogen-bond donors (Lipinski definition) is 0. The first-order valence-corrected chi connectivity index (χ1v) is 18.4. The molecule has 4 atom stereocenters. The third-order valence-electron chi connectivity index (χ3n) is 9.36. The molecule has 2 rings (SSSR count). The van der Waals surface area contributed by atoms with Crippen molar-refractivity contribution in [1.82, 2.24) is 0 Å². The average molecular weight is 515 g/mol. The Labute approximate surface area is 214 Å². The summed E-state index contributed by atoms with van der Waals surface area (Å²) in [5.74, 6) is 0. The van der Waals surface area contributed by atoms with Crippen molar-refractivity contribution in [1.29, 1.82) is 0 Å². The number of ether oxygens (including phenoxy) is 2. The summed E-state index contributed by atoms with van der Waals surface area (Å²) in [6.45, 7) is 34.6. The van der Waals surface area contributed by atoms with E-state index < -0.39 is 16.6 Å². The van der Waals surface area contributed by atoms with Crippen molar-refractivity contribution >= 4 is 16.6 Å². The third-order valence-corrected chi connectivity index (χ3v) is 21.6. The van der Waals surface area contributed by atoms with Gasteiger partial charge in [0.25, 0.3) is 0 Å². The van der Waals surface area contributed by atoms with Gasteiger partial charge in [-0.25, -0.2) is 0 Å². The van der Waals surface area contributed by atoms with Crippen LogP contribution in [0.3, 0.4) is 0 Å². The first kappa shape index (κ1) is 30.5. The Bertz CT molecular complexity index is 551. The highest BCUT2D eigenvalue weighted by atomic mass is 28.4. The second-order valence-electron chi connectivity index (χ2n) is 13.6. The van der Waals surface area contributed by atoms with Gasteiger partial charge in [-0.05, 0) is 59.9 Å². The van der Waals surface area contributed by atoms with Gasteiger partial charge in [0.15, 0.2) is 0 Å². The summed E-state index contributed by atoms with van der Waals surface area (Å²) in [4.78, 5) is 0. The molecule has 0 aliphatic carbocycles. The van der Waals surface area contributed by atoms with Gasteiger partial charge < -0.3 is 18.3 Å². The van der Waals surface area contributed by atoms with Crippen LogP contribution in [0.2, 0.25) is 33.2 Å². The second-order valence-corrected chi connectivity index (χ2v) is 24.4. The molecule has 0 N–H and O–H groups in total. The van der Waals surface area contributed by atoms with Gasteiger partial charge in [0.1, 0.15) is 11.2 Å². The molecule has 2 aliphatic rings. The summed E-state index contributed by atoms with van der Waals surface area (Å²) < 4.78 is 26.7. The zero-order chi connectivity index (χ0) is 26.3. The molecule has 0 spiro atoms. The van der Waals surface area contributed by atoms with E-state index >= 15 is 0 Å². The molecule has 0 radical (unpaired) electrons. The number of hydrogen-bond acceptors (Lipinski definition) is 4. The second kappa shape index (κ2) is 10.9. The van der Waals surface area contributed by atoms with E-state index in [4.69, 9.17) is 18.3 Å². The smallest absolute Gasteiger partial charge is 0.200 e. The maximum atomic E-state index is 7.33. The highest BCUT2D eigenvalue weighted by molar-refractivity contribution is 6.78. The summed E-state index contributed by atoms with van der Waals surface area (Å²) in [7, 11) is -4.01. The van der Waals surface area contributed by atoms with E-state index in [0.717, 1.165) is 26.1 Å². The van der Waals surface area contributed by atoms with Crippen molar-refractivity contribution in [2.45, 2.75) is 166 Å². The van der Waals surface area contributed by atoms with Crippen LogP contribution < -0.4 is 0 Å². The van der Waals surface area contributed by atoms with Gasteiger partial charge in [0, 0.05) is 0 Å². The Morgan fingerprint density at radius 2 is 0.735 bits per heavy atom. The van der Waals surface area contributed by atoms with E-state index in [1.54, 1.807) is 0 Å². The van der Waals surface area contributed by atoms with Crippen molar-refractivity contribution in [3.05, 3.63) is 0 Å². The lowest BCUT2D eigenvalue weighted by molar-refractivity contribution is 0.0419. The lowest BCUT2D eigenvalue weighted by Gasteiger charge is -2.47. The predicted molar refractivity (Wildman–Crippen MR) is 150 cm³/mol. The lowest BCUT2D eigenvalue weighted by Crippen LogP contribution is -2.54. The molecule has 2 aliphatic heterocycles. The Morgan fingerprint density at radius 1 is 0.529 bits per heavy atom. The van der Waals surface area contributed by atoms with Crippen LogP contribution in [0, 0.1) is 0 Å². The highest BCUT2D eigenvalue weighted by Crippen LogP contribution is 2.49. The Kier molecular flexibility index (Phi) is 9.82. The van der Waals surface area contributed by atoms with Gasteiger partial charge in [-0.2, -0.15) is 0 Å². The number of rotatable bonds is 15.